The molecule has 2 heterocycles. The van der Waals surface area contributed by atoms with Gasteiger partial charge in [-0.3, -0.25) is 4.79 Å². The number of benzene rings is 3. The van der Waals surface area contributed by atoms with Crippen molar-refractivity contribution < 1.29 is 22.4 Å². The minimum absolute atomic E-state index is 0.00792. The topological polar surface area (TPSA) is 23.6 Å². The third-order valence-electron chi connectivity index (χ3n) is 8.03. The molecular weight excluding hydrogens is 492 g/mol. The molecule has 1 amide bonds. The highest BCUT2D eigenvalue weighted by Gasteiger charge is 2.39. The molecule has 2 saturated heterocycles. The Morgan fingerprint density at radius 1 is 0.868 bits per heavy atom. The van der Waals surface area contributed by atoms with Gasteiger partial charge < -0.3 is 9.80 Å². The molecule has 0 aromatic heterocycles. The van der Waals surface area contributed by atoms with E-state index < -0.39 is 17.6 Å². The molecule has 2 aliphatic heterocycles. The molecule has 0 saturated carbocycles. The van der Waals surface area contributed by atoms with Crippen molar-refractivity contribution in [2.45, 2.75) is 31.4 Å². The number of likely N-dealkylation sites (tertiary alicyclic amines) is 2. The standard InChI is InChI=1S/C31H32F4N2O/c32-28-11-9-24(10-12-28)30(38)37-20-26(29(21-37)25-7-4-8-27(18-25)31(33,34)35)19-36-15-13-23(14-16-36)17-22-5-2-1-3-6-22/h1-12,18,23,26,29H,13-17,19-21H2/t26-,29+/m0/s1. The quantitative estimate of drug-likeness (QED) is 0.337. The Labute approximate surface area is 221 Å². The van der Waals surface area contributed by atoms with Gasteiger partial charge in [-0.05, 0) is 85.6 Å². The summed E-state index contributed by atoms with van der Waals surface area (Å²) in [6.07, 6.45) is -1.21. The SMILES string of the molecule is O=C(c1ccc(F)cc1)N1C[C@H](CN2CCC(Cc3ccccc3)CC2)[C@@H](c2cccc(C(F)(F)F)c2)C1. The van der Waals surface area contributed by atoms with Crippen LogP contribution in [0.2, 0.25) is 0 Å². The molecule has 3 aromatic carbocycles. The molecule has 2 aliphatic rings. The summed E-state index contributed by atoms with van der Waals surface area (Å²) in [5.74, 6) is -0.213. The zero-order valence-corrected chi connectivity index (χ0v) is 21.2. The molecule has 0 N–H and O–H groups in total. The van der Waals surface area contributed by atoms with E-state index in [0.29, 0.717) is 30.1 Å². The van der Waals surface area contributed by atoms with Gasteiger partial charge in [-0.25, -0.2) is 4.39 Å². The molecule has 7 heteroatoms. The molecule has 200 valence electrons. The van der Waals surface area contributed by atoms with E-state index in [1.807, 2.05) is 6.07 Å². The number of rotatable bonds is 6. The lowest BCUT2D eigenvalue weighted by Gasteiger charge is -2.34. The maximum Gasteiger partial charge on any atom is 0.416 e. The van der Waals surface area contributed by atoms with Gasteiger partial charge in [0.2, 0.25) is 0 Å². The molecule has 0 unspecified atom stereocenters. The Bertz CT molecular complexity index is 1220. The molecular formula is C31H32F4N2O. The number of halogens is 4. The van der Waals surface area contributed by atoms with Gasteiger partial charge in [0.15, 0.2) is 0 Å². The maximum absolute atomic E-state index is 13.5. The van der Waals surface area contributed by atoms with Crippen molar-refractivity contribution in [3.8, 4) is 0 Å². The predicted molar refractivity (Wildman–Crippen MR) is 139 cm³/mol. The van der Waals surface area contributed by atoms with Gasteiger partial charge >= 0.3 is 6.18 Å². The van der Waals surface area contributed by atoms with Crippen molar-refractivity contribution in [1.29, 1.82) is 0 Å². The smallest absolute Gasteiger partial charge is 0.338 e. The van der Waals surface area contributed by atoms with Crippen LogP contribution in [0.1, 0.15) is 45.8 Å². The average Bonchev–Trinajstić information content (AvgIpc) is 3.34. The molecule has 0 radical (unpaired) electrons. The fraction of sp³-hybridized carbons (Fsp3) is 0.387. The fourth-order valence-corrected chi connectivity index (χ4v) is 5.97. The van der Waals surface area contributed by atoms with Crippen molar-refractivity contribution in [3.63, 3.8) is 0 Å². The number of amides is 1. The second-order valence-corrected chi connectivity index (χ2v) is 10.6. The largest absolute Gasteiger partial charge is 0.416 e. The van der Waals surface area contributed by atoms with E-state index in [-0.39, 0.29) is 17.7 Å². The summed E-state index contributed by atoms with van der Waals surface area (Å²) in [6.45, 7) is 3.41. The number of alkyl halides is 3. The Balaban J connectivity index is 1.30. The molecule has 0 spiro atoms. The Kier molecular flexibility index (Phi) is 7.84. The van der Waals surface area contributed by atoms with Crippen molar-refractivity contribution in [2.24, 2.45) is 11.8 Å². The van der Waals surface area contributed by atoms with Crippen LogP contribution < -0.4 is 0 Å². The lowest BCUT2D eigenvalue weighted by atomic mass is 9.86. The highest BCUT2D eigenvalue weighted by molar-refractivity contribution is 5.94. The number of carbonyl (C=O) groups excluding carboxylic acids is 1. The lowest BCUT2D eigenvalue weighted by molar-refractivity contribution is -0.137. The van der Waals surface area contributed by atoms with Gasteiger partial charge in [-0.1, -0.05) is 48.5 Å². The number of hydrogen-bond acceptors (Lipinski definition) is 2. The lowest BCUT2D eigenvalue weighted by Crippen LogP contribution is -2.39. The normalized spacial score (nSPS) is 21.1. The van der Waals surface area contributed by atoms with Gasteiger partial charge in [0.05, 0.1) is 5.56 Å². The number of carbonyl (C=O) groups is 1. The zero-order chi connectivity index (χ0) is 26.7. The molecule has 2 atom stereocenters. The first kappa shape index (κ1) is 26.4. The van der Waals surface area contributed by atoms with E-state index in [0.717, 1.165) is 45.0 Å². The summed E-state index contributed by atoms with van der Waals surface area (Å²) in [4.78, 5) is 17.3. The van der Waals surface area contributed by atoms with Crippen LogP contribution in [0.25, 0.3) is 0 Å². The molecule has 5 rings (SSSR count). The highest BCUT2D eigenvalue weighted by Crippen LogP contribution is 2.38. The van der Waals surface area contributed by atoms with E-state index in [1.54, 1.807) is 11.0 Å². The van der Waals surface area contributed by atoms with Crippen LogP contribution in [0.5, 0.6) is 0 Å². The van der Waals surface area contributed by atoms with Crippen LogP contribution in [-0.4, -0.2) is 48.4 Å². The monoisotopic (exact) mass is 524 g/mol. The summed E-state index contributed by atoms with van der Waals surface area (Å²) in [5, 5.41) is 0. The third kappa shape index (κ3) is 6.26. The summed E-state index contributed by atoms with van der Waals surface area (Å²) in [7, 11) is 0. The van der Waals surface area contributed by atoms with E-state index in [1.165, 1.54) is 42.0 Å². The van der Waals surface area contributed by atoms with Gasteiger partial charge in [0.25, 0.3) is 5.91 Å². The molecule has 38 heavy (non-hydrogen) atoms. The fourth-order valence-electron chi connectivity index (χ4n) is 5.97. The predicted octanol–water partition coefficient (Wildman–Crippen LogP) is 6.66. The summed E-state index contributed by atoms with van der Waals surface area (Å²) in [6, 6.07) is 21.4. The second-order valence-electron chi connectivity index (χ2n) is 10.6. The van der Waals surface area contributed by atoms with Crippen molar-refractivity contribution in [1.82, 2.24) is 9.80 Å². The minimum Gasteiger partial charge on any atom is -0.338 e. The Hall–Kier alpha value is -3.19. The minimum atomic E-state index is -4.42. The van der Waals surface area contributed by atoms with Gasteiger partial charge in [-0.15, -0.1) is 0 Å². The van der Waals surface area contributed by atoms with Crippen molar-refractivity contribution >= 4 is 5.91 Å². The summed E-state index contributed by atoms with van der Waals surface area (Å²) < 4.78 is 53.8. The van der Waals surface area contributed by atoms with E-state index in [9.17, 15) is 22.4 Å². The first-order valence-electron chi connectivity index (χ1n) is 13.2. The summed E-state index contributed by atoms with van der Waals surface area (Å²) in [5.41, 5.74) is 1.68. The number of nitrogens with zero attached hydrogens (tertiary/aromatic N) is 2. The first-order chi connectivity index (χ1) is 18.3. The van der Waals surface area contributed by atoms with Crippen molar-refractivity contribution in [2.75, 3.05) is 32.7 Å². The number of hydrogen-bond donors (Lipinski definition) is 0. The van der Waals surface area contributed by atoms with Gasteiger partial charge in [0, 0.05) is 31.1 Å². The maximum atomic E-state index is 13.5. The molecule has 2 fully saturated rings. The first-order valence-corrected chi connectivity index (χ1v) is 13.2. The molecule has 3 nitrogen and oxygen atoms in total. The average molecular weight is 525 g/mol. The van der Waals surface area contributed by atoms with Crippen LogP contribution in [0.15, 0.2) is 78.9 Å². The molecule has 0 bridgehead atoms. The molecule has 3 aromatic rings. The van der Waals surface area contributed by atoms with Crippen LogP contribution in [0, 0.1) is 17.7 Å². The van der Waals surface area contributed by atoms with Crippen LogP contribution in [-0.2, 0) is 12.6 Å². The molecule has 0 aliphatic carbocycles. The van der Waals surface area contributed by atoms with Crippen LogP contribution >= 0.6 is 0 Å². The highest BCUT2D eigenvalue weighted by atomic mass is 19.4. The van der Waals surface area contributed by atoms with Gasteiger partial charge in [-0.2, -0.15) is 13.2 Å². The van der Waals surface area contributed by atoms with Crippen LogP contribution in [0.4, 0.5) is 17.6 Å². The second kappa shape index (κ2) is 11.3. The summed E-state index contributed by atoms with van der Waals surface area (Å²) >= 11 is 0. The van der Waals surface area contributed by atoms with Crippen molar-refractivity contribution in [3.05, 3.63) is 107 Å². The van der Waals surface area contributed by atoms with Gasteiger partial charge in [0.1, 0.15) is 5.82 Å². The zero-order valence-electron chi connectivity index (χ0n) is 21.2. The van der Waals surface area contributed by atoms with E-state index >= 15 is 0 Å². The number of piperidine rings is 1. The van der Waals surface area contributed by atoms with Crippen LogP contribution in [0.3, 0.4) is 0 Å². The van der Waals surface area contributed by atoms with E-state index in [4.69, 9.17) is 0 Å². The third-order valence-corrected chi connectivity index (χ3v) is 8.03. The van der Waals surface area contributed by atoms with E-state index in [2.05, 4.69) is 29.2 Å². The Morgan fingerprint density at radius 3 is 2.26 bits per heavy atom. The Morgan fingerprint density at radius 2 is 1.58 bits per heavy atom.